The fraction of sp³-hybridized carbons (Fsp3) is 0.458. The molecule has 2 N–H and O–H groups in total. The number of thiazole rings is 1. The molecule has 0 atom stereocenters. The summed E-state index contributed by atoms with van der Waals surface area (Å²) in [6.07, 6.45) is 9.44. The fourth-order valence-corrected chi connectivity index (χ4v) is 4.73. The molecule has 0 saturated heterocycles. The van der Waals surface area contributed by atoms with E-state index < -0.39 is 0 Å². The van der Waals surface area contributed by atoms with Crippen LogP contribution in [0.2, 0.25) is 0 Å². The number of pyridine rings is 1. The molecular weight excluding hydrogens is 470 g/mol. The number of thioether (sulfide) groups is 1. The molecule has 0 aromatic carbocycles. The number of aromatic nitrogens is 3. The van der Waals surface area contributed by atoms with Crippen LogP contribution in [0, 0.1) is 0 Å². The Kier molecular flexibility index (Phi) is 9.64. The van der Waals surface area contributed by atoms with Crippen molar-refractivity contribution in [2.75, 3.05) is 10.6 Å². The summed E-state index contributed by atoms with van der Waals surface area (Å²) >= 11 is 3.03. The van der Waals surface area contributed by atoms with Crippen LogP contribution in [-0.4, -0.2) is 26.8 Å². The van der Waals surface area contributed by atoms with Crippen LogP contribution in [0.25, 0.3) is 0 Å². The molecule has 3 heterocycles. The SMILES string of the molecule is CC(C)(C)c1cnc(CSc2cnc(NC(=O)CCCCCCC(=O)Nc3ccccn3)s2)o1. The number of rotatable bonds is 12. The molecule has 0 radical (unpaired) electrons. The zero-order valence-corrected chi connectivity index (χ0v) is 21.4. The first-order chi connectivity index (χ1) is 16.3. The Morgan fingerprint density at radius 2 is 1.71 bits per heavy atom. The summed E-state index contributed by atoms with van der Waals surface area (Å²) in [6.45, 7) is 6.27. The normalized spacial score (nSPS) is 11.4. The van der Waals surface area contributed by atoms with Gasteiger partial charge in [0, 0.05) is 24.5 Å². The first kappa shape index (κ1) is 25.9. The molecule has 34 heavy (non-hydrogen) atoms. The maximum absolute atomic E-state index is 12.2. The standard InChI is InChI=1S/C24H31N5O3S2/c1-24(2,3)17-14-26-21(32-17)16-33-22-15-27-23(34-22)29-20(31)12-7-5-4-6-11-19(30)28-18-10-8-9-13-25-18/h8-10,13-15H,4-7,11-12,16H2,1-3H3,(H,25,28,30)(H,27,29,31). The summed E-state index contributed by atoms with van der Waals surface area (Å²) < 4.78 is 6.81. The second kappa shape index (κ2) is 12.7. The van der Waals surface area contributed by atoms with E-state index in [-0.39, 0.29) is 17.2 Å². The Hall–Kier alpha value is -2.72. The molecule has 3 rings (SSSR count). The Labute approximate surface area is 208 Å². The highest BCUT2D eigenvalue weighted by Crippen LogP contribution is 2.31. The molecule has 0 saturated carbocycles. The molecule has 0 unspecified atom stereocenters. The van der Waals surface area contributed by atoms with E-state index in [1.54, 1.807) is 42.5 Å². The molecule has 2 amide bonds. The van der Waals surface area contributed by atoms with Crippen molar-refractivity contribution in [3.05, 3.63) is 48.4 Å². The lowest BCUT2D eigenvalue weighted by atomic mass is 9.94. The predicted octanol–water partition coefficient (Wildman–Crippen LogP) is 6.03. The van der Waals surface area contributed by atoms with Crippen molar-refractivity contribution < 1.29 is 14.0 Å². The number of hydrogen-bond acceptors (Lipinski definition) is 8. The highest BCUT2D eigenvalue weighted by Gasteiger charge is 2.19. The number of anilines is 2. The van der Waals surface area contributed by atoms with Crippen molar-refractivity contribution in [1.82, 2.24) is 15.0 Å². The topological polar surface area (TPSA) is 110 Å². The number of hydrogen-bond donors (Lipinski definition) is 2. The number of nitrogens with one attached hydrogen (secondary N) is 2. The van der Waals surface area contributed by atoms with Crippen LogP contribution in [0.1, 0.15) is 70.9 Å². The van der Waals surface area contributed by atoms with Gasteiger partial charge in [-0.15, -0.1) is 11.8 Å². The van der Waals surface area contributed by atoms with Gasteiger partial charge in [-0.3, -0.25) is 9.59 Å². The van der Waals surface area contributed by atoms with E-state index in [1.807, 2.05) is 6.07 Å². The molecule has 0 fully saturated rings. The van der Waals surface area contributed by atoms with Gasteiger partial charge >= 0.3 is 0 Å². The van der Waals surface area contributed by atoms with Crippen LogP contribution in [0.5, 0.6) is 0 Å². The summed E-state index contributed by atoms with van der Waals surface area (Å²) in [5, 5.41) is 6.24. The molecular formula is C24H31N5O3S2. The number of unbranched alkanes of at least 4 members (excludes halogenated alkanes) is 3. The lowest BCUT2D eigenvalue weighted by Crippen LogP contribution is -2.12. The van der Waals surface area contributed by atoms with Crippen molar-refractivity contribution in [2.45, 2.75) is 74.7 Å². The Morgan fingerprint density at radius 3 is 2.35 bits per heavy atom. The smallest absolute Gasteiger partial charge is 0.226 e. The maximum Gasteiger partial charge on any atom is 0.226 e. The minimum atomic E-state index is -0.0629. The molecule has 0 spiro atoms. The largest absolute Gasteiger partial charge is 0.444 e. The van der Waals surface area contributed by atoms with E-state index in [1.165, 1.54) is 11.3 Å². The lowest BCUT2D eigenvalue weighted by molar-refractivity contribution is -0.117. The van der Waals surface area contributed by atoms with Crippen molar-refractivity contribution in [3.63, 3.8) is 0 Å². The number of nitrogens with zero attached hydrogens (tertiary/aromatic N) is 3. The van der Waals surface area contributed by atoms with Gasteiger partial charge in [-0.25, -0.2) is 15.0 Å². The predicted molar refractivity (Wildman–Crippen MR) is 136 cm³/mol. The van der Waals surface area contributed by atoms with E-state index in [2.05, 4.69) is 46.4 Å². The average Bonchev–Trinajstić information content (AvgIpc) is 3.45. The first-order valence-electron chi connectivity index (χ1n) is 11.3. The van der Waals surface area contributed by atoms with Crippen molar-refractivity contribution >= 4 is 45.9 Å². The van der Waals surface area contributed by atoms with Crippen molar-refractivity contribution in [2.24, 2.45) is 0 Å². The summed E-state index contributed by atoms with van der Waals surface area (Å²) in [5.41, 5.74) is -0.0629. The van der Waals surface area contributed by atoms with E-state index >= 15 is 0 Å². The third kappa shape index (κ3) is 8.90. The Balaban J connectivity index is 1.27. The highest BCUT2D eigenvalue weighted by molar-refractivity contribution is 8.00. The molecule has 0 bridgehead atoms. The van der Waals surface area contributed by atoms with Crippen LogP contribution in [0.4, 0.5) is 10.9 Å². The summed E-state index contributed by atoms with van der Waals surface area (Å²) in [5.74, 6) is 2.66. The van der Waals surface area contributed by atoms with E-state index in [0.29, 0.717) is 35.4 Å². The van der Waals surface area contributed by atoms with E-state index in [9.17, 15) is 9.59 Å². The molecule has 10 heteroatoms. The molecule has 3 aromatic heterocycles. The zero-order valence-electron chi connectivity index (χ0n) is 19.8. The van der Waals surface area contributed by atoms with Gasteiger partial charge in [0.05, 0.1) is 22.4 Å². The van der Waals surface area contributed by atoms with Crippen LogP contribution in [-0.2, 0) is 20.8 Å². The van der Waals surface area contributed by atoms with Crippen LogP contribution >= 0.6 is 23.1 Å². The maximum atomic E-state index is 12.2. The number of oxazole rings is 1. The molecule has 3 aromatic rings. The summed E-state index contributed by atoms with van der Waals surface area (Å²) in [4.78, 5) is 36.8. The van der Waals surface area contributed by atoms with Crippen LogP contribution < -0.4 is 10.6 Å². The third-order valence-electron chi connectivity index (χ3n) is 4.85. The Morgan fingerprint density at radius 1 is 0.971 bits per heavy atom. The lowest BCUT2D eigenvalue weighted by Gasteiger charge is -2.12. The van der Waals surface area contributed by atoms with Crippen molar-refractivity contribution in [3.8, 4) is 0 Å². The van der Waals surface area contributed by atoms with Gasteiger partial charge in [-0.05, 0) is 25.0 Å². The summed E-state index contributed by atoms with van der Waals surface area (Å²) in [6, 6.07) is 5.40. The van der Waals surface area contributed by atoms with Gasteiger partial charge in [0.2, 0.25) is 17.7 Å². The van der Waals surface area contributed by atoms with E-state index in [0.717, 1.165) is 35.7 Å². The van der Waals surface area contributed by atoms with Crippen molar-refractivity contribution in [1.29, 1.82) is 0 Å². The van der Waals surface area contributed by atoms with Crippen LogP contribution in [0.3, 0.4) is 0 Å². The molecule has 0 aliphatic carbocycles. The minimum Gasteiger partial charge on any atom is -0.444 e. The number of amides is 2. The van der Waals surface area contributed by atoms with Gasteiger partial charge < -0.3 is 15.1 Å². The van der Waals surface area contributed by atoms with Crippen LogP contribution in [0.15, 0.2) is 45.4 Å². The first-order valence-corrected chi connectivity index (χ1v) is 13.1. The minimum absolute atomic E-state index is 0.0358. The quantitative estimate of drug-likeness (QED) is 0.230. The second-order valence-corrected chi connectivity index (χ2v) is 11.2. The molecule has 0 aliphatic heterocycles. The molecule has 0 aliphatic rings. The Bertz CT molecular complexity index is 1060. The van der Waals surface area contributed by atoms with Gasteiger partial charge in [0.25, 0.3) is 0 Å². The van der Waals surface area contributed by atoms with Gasteiger partial charge in [-0.1, -0.05) is 51.0 Å². The summed E-state index contributed by atoms with van der Waals surface area (Å²) in [7, 11) is 0. The highest BCUT2D eigenvalue weighted by atomic mass is 32.2. The number of carbonyl (C=O) groups excluding carboxylic acids is 2. The fourth-order valence-electron chi connectivity index (χ4n) is 2.99. The van der Waals surface area contributed by atoms with Gasteiger partial charge in [0.15, 0.2) is 5.13 Å². The molecule has 8 nitrogen and oxygen atoms in total. The zero-order chi connectivity index (χ0) is 24.4. The number of carbonyl (C=O) groups is 2. The third-order valence-corrected chi connectivity index (χ3v) is 6.94. The van der Waals surface area contributed by atoms with Gasteiger partial charge in [-0.2, -0.15) is 0 Å². The monoisotopic (exact) mass is 501 g/mol. The second-order valence-electron chi connectivity index (χ2n) is 8.87. The van der Waals surface area contributed by atoms with Gasteiger partial charge in [0.1, 0.15) is 11.6 Å². The van der Waals surface area contributed by atoms with E-state index in [4.69, 9.17) is 4.42 Å². The average molecular weight is 502 g/mol. The molecule has 182 valence electrons.